The van der Waals surface area contributed by atoms with E-state index in [1.807, 2.05) is 24.4 Å². The van der Waals surface area contributed by atoms with Crippen molar-refractivity contribution in [3.05, 3.63) is 53.7 Å². The van der Waals surface area contributed by atoms with Crippen molar-refractivity contribution < 1.29 is 4.79 Å². The fourth-order valence-electron chi connectivity index (χ4n) is 4.56. The van der Waals surface area contributed by atoms with Gasteiger partial charge < -0.3 is 15.1 Å². The van der Waals surface area contributed by atoms with Crippen molar-refractivity contribution in [1.29, 1.82) is 0 Å². The number of anilines is 2. The number of nitrogens with zero attached hydrogens (tertiary/aromatic N) is 4. The highest BCUT2D eigenvalue weighted by Gasteiger charge is 2.19. The van der Waals surface area contributed by atoms with E-state index >= 15 is 0 Å². The van der Waals surface area contributed by atoms with Crippen LogP contribution in [0.15, 0.2) is 42.6 Å². The molecule has 1 aromatic carbocycles. The van der Waals surface area contributed by atoms with Gasteiger partial charge in [-0.05, 0) is 63.4 Å². The number of piperidine rings is 1. The van der Waals surface area contributed by atoms with Crippen LogP contribution in [0.4, 0.5) is 11.5 Å². The van der Waals surface area contributed by atoms with E-state index in [9.17, 15) is 4.79 Å². The topological polar surface area (TPSA) is 51.7 Å². The summed E-state index contributed by atoms with van der Waals surface area (Å²) in [6.45, 7) is 11.3. The maximum absolute atomic E-state index is 12.7. The monoisotopic (exact) mass is 421 g/mol. The van der Waals surface area contributed by atoms with Gasteiger partial charge in [0.1, 0.15) is 5.82 Å². The number of rotatable bonds is 6. The minimum absolute atomic E-state index is 0.0374. The van der Waals surface area contributed by atoms with Gasteiger partial charge in [-0.1, -0.05) is 6.07 Å². The quantitative estimate of drug-likeness (QED) is 0.773. The highest BCUT2D eigenvalue weighted by Crippen LogP contribution is 2.22. The minimum atomic E-state index is -0.0374. The molecule has 0 saturated carbocycles. The molecule has 1 aromatic heterocycles. The normalized spacial score (nSPS) is 17.8. The molecule has 2 aliphatic heterocycles. The van der Waals surface area contributed by atoms with Crippen LogP contribution in [0.5, 0.6) is 0 Å². The number of pyridine rings is 1. The van der Waals surface area contributed by atoms with E-state index in [-0.39, 0.29) is 5.91 Å². The zero-order chi connectivity index (χ0) is 21.6. The number of hydrogen-bond donors (Lipinski definition) is 1. The first kappa shape index (κ1) is 21.6. The van der Waals surface area contributed by atoms with Gasteiger partial charge in [-0.3, -0.25) is 9.69 Å². The molecule has 0 atom stereocenters. The van der Waals surface area contributed by atoms with E-state index in [4.69, 9.17) is 0 Å². The van der Waals surface area contributed by atoms with Crippen LogP contribution in [-0.4, -0.2) is 61.1 Å². The van der Waals surface area contributed by atoms with Gasteiger partial charge in [0, 0.05) is 74.9 Å². The molecular weight excluding hydrogens is 386 g/mol. The number of carbonyl (C=O) groups excluding carboxylic acids is 1. The number of piperazine rings is 1. The van der Waals surface area contributed by atoms with Gasteiger partial charge in [0.15, 0.2) is 0 Å². The summed E-state index contributed by atoms with van der Waals surface area (Å²) in [4.78, 5) is 24.6. The van der Waals surface area contributed by atoms with Gasteiger partial charge in [-0.2, -0.15) is 0 Å². The molecule has 0 radical (unpaired) electrons. The van der Waals surface area contributed by atoms with Crippen LogP contribution < -0.4 is 15.1 Å². The molecule has 31 heavy (non-hydrogen) atoms. The highest BCUT2D eigenvalue weighted by molar-refractivity contribution is 5.94. The number of carbonyl (C=O) groups is 1. The van der Waals surface area contributed by atoms with Crippen LogP contribution in [0.2, 0.25) is 0 Å². The number of amides is 1. The number of benzene rings is 1. The number of aromatic nitrogens is 1. The molecule has 1 N–H and O–H groups in total. The standard InChI is InChI=1S/C25H35N5O/c1-20(2)28-15-17-29(18-16-28)23-10-8-21(9-11-23)25(31)27-19-22-7-6-12-26-24(22)30-13-4-3-5-14-30/h6-12,20H,3-5,13-19H2,1-2H3,(H,27,31). The second-order valence-electron chi connectivity index (χ2n) is 8.88. The van der Waals surface area contributed by atoms with Gasteiger partial charge in [0.25, 0.3) is 5.91 Å². The second kappa shape index (κ2) is 10.1. The van der Waals surface area contributed by atoms with Gasteiger partial charge in [0.05, 0.1) is 0 Å². The Morgan fingerprint density at radius 2 is 1.65 bits per heavy atom. The molecule has 2 fully saturated rings. The fraction of sp³-hybridized carbons (Fsp3) is 0.520. The Balaban J connectivity index is 1.34. The fourth-order valence-corrected chi connectivity index (χ4v) is 4.56. The molecule has 0 unspecified atom stereocenters. The predicted octanol–water partition coefficient (Wildman–Crippen LogP) is 3.53. The molecule has 1 amide bonds. The summed E-state index contributed by atoms with van der Waals surface area (Å²) >= 11 is 0. The van der Waals surface area contributed by atoms with E-state index < -0.39 is 0 Å². The van der Waals surface area contributed by atoms with Crippen molar-refractivity contribution in [2.45, 2.75) is 45.7 Å². The number of nitrogens with one attached hydrogen (secondary N) is 1. The third-order valence-electron chi connectivity index (χ3n) is 6.50. The zero-order valence-electron chi connectivity index (χ0n) is 18.9. The summed E-state index contributed by atoms with van der Waals surface area (Å²) in [5.41, 5.74) is 2.98. The van der Waals surface area contributed by atoms with Gasteiger partial charge in [0.2, 0.25) is 0 Å². The van der Waals surface area contributed by atoms with E-state index in [0.717, 1.165) is 50.6 Å². The Kier molecular flexibility index (Phi) is 7.07. The average molecular weight is 422 g/mol. The first-order valence-electron chi connectivity index (χ1n) is 11.7. The SMILES string of the molecule is CC(C)N1CCN(c2ccc(C(=O)NCc3cccnc3N3CCCCC3)cc2)CC1. The maximum atomic E-state index is 12.7. The Labute approximate surface area is 186 Å². The largest absolute Gasteiger partial charge is 0.369 e. The minimum Gasteiger partial charge on any atom is -0.369 e. The molecule has 166 valence electrons. The van der Waals surface area contributed by atoms with Crippen molar-refractivity contribution in [1.82, 2.24) is 15.2 Å². The van der Waals surface area contributed by atoms with Crippen LogP contribution in [0, 0.1) is 0 Å². The van der Waals surface area contributed by atoms with E-state index in [0.29, 0.717) is 18.2 Å². The second-order valence-corrected chi connectivity index (χ2v) is 8.88. The van der Waals surface area contributed by atoms with Gasteiger partial charge >= 0.3 is 0 Å². The Morgan fingerprint density at radius 1 is 0.935 bits per heavy atom. The molecule has 6 nitrogen and oxygen atoms in total. The Bertz CT molecular complexity index is 852. The van der Waals surface area contributed by atoms with Gasteiger partial charge in [-0.25, -0.2) is 4.98 Å². The third kappa shape index (κ3) is 5.37. The molecule has 3 heterocycles. The average Bonchev–Trinajstić information content (AvgIpc) is 2.83. The maximum Gasteiger partial charge on any atom is 0.251 e. The Hall–Kier alpha value is -2.60. The summed E-state index contributed by atoms with van der Waals surface area (Å²) in [5.74, 6) is 0.975. The highest BCUT2D eigenvalue weighted by atomic mass is 16.1. The van der Waals surface area contributed by atoms with Crippen LogP contribution >= 0.6 is 0 Å². The molecular formula is C25H35N5O. The van der Waals surface area contributed by atoms with Crippen LogP contribution in [0.1, 0.15) is 49.0 Å². The summed E-state index contributed by atoms with van der Waals surface area (Å²) in [5, 5.41) is 3.09. The summed E-state index contributed by atoms with van der Waals surface area (Å²) in [7, 11) is 0. The molecule has 2 saturated heterocycles. The van der Waals surface area contributed by atoms with Crippen molar-refractivity contribution in [3.63, 3.8) is 0 Å². The molecule has 6 heteroatoms. The lowest BCUT2D eigenvalue weighted by Crippen LogP contribution is -2.48. The molecule has 0 spiro atoms. The lowest BCUT2D eigenvalue weighted by atomic mass is 10.1. The first-order valence-corrected chi connectivity index (χ1v) is 11.7. The first-order chi connectivity index (χ1) is 15.1. The molecule has 2 aromatic rings. The lowest BCUT2D eigenvalue weighted by molar-refractivity contribution is 0.0951. The predicted molar refractivity (Wildman–Crippen MR) is 127 cm³/mol. The lowest BCUT2D eigenvalue weighted by Gasteiger charge is -2.38. The van der Waals surface area contributed by atoms with Crippen molar-refractivity contribution in [2.24, 2.45) is 0 Å². The smallest absolute Gasteiger partial charge is 0.251 e. The van der Waals surface area contributed by atoms with E-state index in [1.165, 1.54) is 24.9 Å². The van der Waals surface area contributed by atoms with Gasteiger partial charge in [-0.15, -0.1) is 0 Å². The van der Waals surface area contributed by atoms with Crippen molar-refractivity contribution in [2.75, 3.05) is 49.1 Å². The van der Waals surface area contributed by atoms with Crippen LogP contribution in [0.3, 0.4) is 0 Å². The molecule has 4 rings (SSSR count). The summed E-state index contributed by atoms with van der Waals surface area (Å²) in [6, 6.07) is 12.6. The van der Waals surface area contributed by atoms with Crippen molar-refractivity contribution in [3.8, 4) is 0 Å². The Morgan fingerprint density at radius 3 is 2.32 bits per heavy atom. The molecule has 0 bridgehead atoms. The molecule has 0 aliphatic carbocycles. The molecule has 2 aliphatic rings. The van der Waals surface area contributed by atoms with Crippen molar-refractivity contribution >= 4 is 17.4 Å². The third-order valence-corrected chi connectivity index (χ3v) is 6.50. The summed E-state index contributed by atoms with van der Waals surface area (Å²) in [6.07, 6.45) is 5.55. The van der Waals surface area contributed by atoms with Crippen LogP contribution in [0.25, 0.3) is 0 Å². The van der Waals surface area contributed by atoms with E-state index in [1.54, 1.807) is 0 Å². The number of hydrogen-bond acceptors (Lipinski definition) is 5. The van der Waals surface area contributed by atoms with Crippen LogP contribution in [-0.2, 0) is 6.54 Å². The zero-order valence-corrected chi connectivity index (χ0v) is 18.9. The van der Waals surface area contributed by atoms with E-state index in [2.05, 4.69) is 57.0 Å². The summed E-state index contributed by atoms with van der Waals surface area (Å²) < 4.78 is 0.